The summed E-state index contributed by atoms with van der Waals surface area (Å²) >= 11 is 7.09. The fraction of sp³-hybridized carbons (Fsp3) is 0.367. The van der Waals surface area contributed by atoms with Gasteiger partial charge in [-0.2, -0.15) is 5.10 Å². The zero-order valence-corrected chi connectivity index (χ0v) is 37.5. The number of aromatic nitrogens is 3. The van der Waals surface area contributed by atoms with E-state index in [9.17, 15) is 23.6 Å². The number of ether oxygens (including phenoxy) is 2. The fourth-order valence-electron chi connectivity index (χ4n) is 8.79. The molecule has 0 radical (unpaired) electrons. The van der Waals surface area contributed by atoms with Gasteiger partial charge in [0.2, 0.25) is 5.91 Å². The Morgan fingerprint density at radius 2 is 1.73 bits per heavy atom. The van der Waals surface area contributed by atoms with Crippen LogP contribution >= 0.6 is 11.6 Å². The van der Waals surface area contributed by atoms with E-state index in [2.05, 4.69) is 29.8 Å². The summed E-state index contributed by atoms with van der Waals surface area (Å²) in [4.78, 5) is 53.5. The molecule has 4 aromatic carbocycles. The van der Waals surface area contributed by atoms with Crippen molar-refractivity contribution in [2.75, 3.05) is 33.9 Å². The molecule has 6 aromatic rings. The van der Waals surface area contributed by atoms with Crippen molar-refractivity contribution >= 4 is 57.3 Å². The molecule has 1 unspecified atom stereocenters. The van der Waals surface area contributed by atoms with Crippen molar-refractivity contribution in [3.63, 3.8) is 0 Å². The van der Waals surface area contributed by atoms with E-state index in [4.69, 9.17) is 26.2 Å². The van der Waals surface area contributed by atoms with Crippen LogP contribution in [-0.2, 0) is 40.9 Å². The number of carbonyl (C=O) groups is 4. The lowest BCUT2D eigenvalue weighted by Gasteiger charge is -2.23. The first-order chi connectivity index (χ1) is 30.3. The van der Waals surface area contributed by atoms with E-state index in [1.165, 1.54) is 29.6 Å². The highest BCUT2D eigenvalue weighted by atomic mass is 35.5. The molecule has 330 valence electrons. The van der Waals surface area contributed by atoms with Crippen LogP contribution < -0.4 is 14.8 Å². The summed E-state index contributed by atoms with van der Waals surface area (Å²) < 4.78 is 30.4. The summed E-state index contributed by atoms with van der Waals surface area (Å²) in [6.45, 7) is 7.84. The van der Waals surface area contributed by atoms with Crippen molar-refractivity contribution in [1.82, 2.24) is 29.5 Å². The maximum atomic E-state index is 13.9. The number of carbonyl (C=O) groups excluding carboxylic acids is 4. The smallest absolute Gasteiger partial charge is 0.260 e. The molecule has 2 aromatic heterocycles. The molecular formula is C49H54ClFN6O6. The molecule has 0 saturated heterocycles. The maximum absolute atomic E-state index is 13.9. The first kappa shape index (κ1) is 44.8. The standard InChI is InChI=1S/C49H54ClFN6O6/c1-30-46(32(3)55(6)53-30)47-41(50)21-20-38-36(14-11-25-62-42-15-9-12-33-26-34(51)17-19-37(33)42)31(2)56(48(38)47)24-8-7-23-54(5)45(60)29-63-43-16-10-13-39-40(43)27-57(49(39)61)35(28-58)18-22-44(59)52-4/h9-10,12-13,15-17,19-21,26,28,35H,7-8,11,14,18,22-25,27,29H2,1-6H3,(H,52,59). The fourth-order valence-corrected chi connectivity index (χ4v) is 9.04. The summed E-state index contributed by atoms with van der Waals surface area (Å²) in [6, 6.07) is 18.8. The molecule has 0 spiro atoms. The molecule has 63 heavy (non-hydrogen) atoms. The number of nitrogens with one attached hydrogen (secondary N) is 1. The van der Waals surface area contributed by atoms with E-state index >= 15 is 0 Å². The minimum Gasteiger partial charge on any atom is -0.493 e. The van der Waals surface area contributed by atoms with Crippen LogP contribution in [0.15, 0.2) is 66.7 Å². The molecule has 3 heterocycles. The second kappa shape index (κ2) is 19.5. The van der Waals surface area contributed by atoms with E-state index in [0.717, 1.165) is 81.3 Å². The number of nitrogens with zero attached hydrogens (tertiary/aromatic N) is 5. The Labute approximate surface area is 371 Å². The van der Waals surface area contributed by atoms with Crippen LogP contribution in [0.5, 0.6) is 11.5 Å². The largest absolute Gasteiger partial charge is 0.493 e. The third kappa shape index (κ3) is 9.29. The zero-order chi connectivity index (χ0) is 44.9. The minimum absolute atomic E-state index is 0.114. The second-order valence-electron chi connectivity index (χ2n) is 16.2. The molecule has 0 fully saturated rings. The third-order valence-electron chi connectivity index (χ3n) is 12.3. The number of fused-ring (bicyclic) bond motifs is 3. The third-order valence-corrected chi connectivity index (χ3v) is 12.6. The van der Waals surface area contributed by atoms with Crippen molar-refractivity contribution in [1.29, 1.82) is 0 Å². The molecule has 0 aliphatic carbocycles. The van der Waals surface area contributed by atoms with Crippen LogP contribution in [0.3, 0.4) is 0 Å². The highest BCUT2D eigenvalue weighted by molar-refractivity contribution is 6.35. The molecule has 0 saturated carbocycles. The van der Waals surface area contributed by atoms with Crippen LogP contribution in [-0.4, -0.2) is 88.1 Å². The highest BCUT2D eigenvalue weighted by Crippen LogP contribution is 2.42. The van der Waals surface area contributed by atoms with Crippen molar-refractivity contribution in [2.45, 2.75) is 78.4 Å². The topological polar surface area (TPSA) is 128 Å². The average molecular weight is 877 g/mol. The molecule has 1 atom stereocenters. The SMILES string of the molecule is CNC(=O)CCC(C=O)N1Cc2c(OCC(=O)N(C)CCCCn3c(C)c(CCCOc4cccc5cc(F)ccc45)c4ccc(Cl)c(-c5c(C)nn(C)c5C)c43)cccc2C1=O. The van der Waals surface area contributed by atoms with Gasteiger partial charge in [0, 0.05) is 85.1 Å². The lowest BCUT2D eigenvalue weighted by Crippen LogP contribution is -2.37. The second-order valence-corrected chi connectivity index (χ2v) is 16.6. The first-order valence-corrected chi connectivity index (χ1v) is 21.8. The molecular weight excluding hydrogens is 823 g/mol. The molecule has 1 N–H and O–H groups in total. The van der Waals surface area contributed by atoms with Gasteiger partial charge >= 0.3 is 0 Å². The number of halogens is 2. The van der Waals surface area contributed by atoms with Gasteiger partial charge in [0.05, 0.1) is 35.4 Å². The van der Waals surface area contributed by atoms with Gasteiger partial charge in [-0.3, -0.25) is 19.1 Å². The monoisotopic (exact) mass is 876 g/mol. The molecule has 1 aliphatic heterocycles. The predicted octanol–water partition coefficient (Wildman–Crippen LogP) is 8.29. The lowest BCUT2D eigenvalue weighted by atomic mass is 9.98. The summed E-state index contributed by atoms with van der Waals surface area (Å²) in [7, 11) is 5.22. The average Bonchev–Trinajstić information content (AvgIpc) is 3.85. The van der Waals surface area contributed by atoms with Gasteiger partial charge in [0.15, 0.2) is 6.61 Å². The quantitative estimate of drug-likeness (QED) is 0.0641. The summed E-state index contributed by atoms with van der Waals surface area (Å²) in [5, 5.41) is 10.7. The van der Waals surface area contributed by atoms with Gasteiger partial charge in [-0.15, -0.1) is 0 Å². The summed E-state index contributed by atoms with van der Waals surface area (Å²) in [5.41, 5.74) is 8.35. The van der Waals surface area contributed by atoms with Crippen LogP contribution in [0.25, 0.3) is 32.8 Å². The van der Waals surface area contributed by atoms with Gasteiger partial charge in [0.25, 0.3) is 11.8 Å². The van der Waals surface area contributed by atoms with Gasteiger partial charge in [0.1, 0.15) is 23.6 Å². The number of unbranched alkanes of at least 4 members (excludes halogenated alkanes) is 1. The normalized spacial score (nSPS) is 12.8. The Morgan fingerprint density at radius 3 is 2.48 bits per heavy atom. The number of likely N-dealkylation sites (N-methyl/N-ethyl adjacent to an activating group) is 1. The summed E-state index contributed by atoms with van der Waals surface area (Å²) in [5.74, 6) is 0.139. The Hall–Kier alpha value is -6.21. The molecule has 7 rings (SSSR count). The number of rotatable bonds is 19. The van der Waals surface area contributed by atoms with Crippen molar-refractivity contribution in [3.8, 4) is 22.6 Å². The van der Waals surface area contributed by atoms with E-state index in [1.807, 2.05) is 42.9 Å². The van der Waals surface area contributed by atoms with Crippen LogP contribution in [0.4, 0.5) is 4.39 Å². The molecule has 12 nitrogen and oxygen atoms in total. The Bertz CT molecular complexity index is 2710. The van der Waals surface area contributed by atoms with Crippen LogP contribution in [0.1, 0.15) is 70.7 Å². The number of hydrogen-bond acceptors (Lipinski definition) is 7. The predicted molar refractivity (Wildman–Crippen MR) is 243 cm³/mol. The Kier molecular flexibility index (Phi) is 13.8. The zero-order valence-electron chi connectivity index (χ0n) is 36.7. The van der Waals surface area contributed by atoms with Crippen molar-refractivity contribution < 1.29 is 33.0 Å². The van der Waals surface area contributed by atoms with E-state index < -0.39 is 6.04 Å². The minimum atomic E-state index is -0.759. The van der Waals surface area contributed by atoms with Gasteiger partial charge in [-0.1, -0.05) is 35.9 Å². The molecule has 1 aliphatic rings. The number of amides is 3. The van der Waals surface area contributed by atoms with E-state index in [1.54, 1.807) is 36.2 Å². The summed E-state index contributed by atoms with van der Waals surface area (Å²) in [6.07, 6.45) is 4.05. The van der Waals surface area contributed by atoms with Gasteiger partial charge in [-0.05, 0) is 106 Å². The lowest BCUT2D eigenvalue weighted by molar-refractivity contribution is -0.132. The Morgan fingerprint density at radius 1 is 0.968 bits per heavy atom. The number of benzene rings is 4. The van der Waals surface area contributed by atoms with E-state index in [0.29, 0.717) is 47.9 Å². The molecule has 0 bridgehead atoms. The highest BCUT2D eigenvalue weighted by Gasteiger charge is 2.35. The van der Waals surface area contributed by atoms with Crippen LogP contribution in [0, 0.1) is 26.6 Å². The molecule has 3 amide bonds. The number of hydrogen-bond donors (Lipinski definition) is 1. The van der Waals surface area contributed by atoms with Gasteiger partial charge in [-0.25, -0.2) is 4.39 Å². The molecule has 14 heteroatoms. The first-order valence-electron chi connectivity index (χ1n) is 21.4. The maximum Gasteiger partial charge on any atom is 0.260 e. The van der Waals surface area contributed by atoms with Crippen molar-refractivity contribution in [2.24, 2.45) is 7.05 Å². The van der Waals surface area contributed by atoms with Gasteiger partial charge < -0.3 is 34.0 Å². The number of aryl methyl sites for hydroxylation is 4. The number of aldehydes is 1. The van der Waals surface area contributed by atoms with E-state index in [-0.39, 0.29) is 49.5 Å². The van der Waals surface area contributed by atoms with Crippen molar-refractivity contribution in [3.05, 3.63) is 111 Å². The van der Waals surface area contributed by atoms with Crippen LogP contribution in [0.2, 0.25) is 5.02 Å². The Balaban J connectivity index is 1.02.